The van der Waals surface area contributed by atoms with E-state index in [1.54, 1.807) is 0 Å². The summed E-state index contributed by atoms with van der Waals surface area (Å²) >= 11 is 0. The van der Waals surface area contributed by atoms with E-state index in [0.29, 0.717) is 18.8 Å². The number of carbonyl (C=O) groups is 1. The molecule has 0 unspecified atom stereocenters. The number of allylic oxidation sites excluding steroid dienone is 2. The van der Waals surface area contributed by atoms with Crippen LogP contribution in [0.4, 0.5) is 4.79 Å². The van der Waals surface area contributed by atoms with Crippen LogP contribution in [0.1, 0.15) is 39.0 Å². The average Bonchev–Trinajstić information content (AvgIpc) is 2.29. The smallest absolute Gasteiger partial charge is 0.407 e. The molecule has 1 saturated heterocycles. The molecule has 1 rings (SSSR count). The summed E-state index contributed by atoms with van der Waals surface area (Å²) in [5, 5.41) is 18.6. The quantitative estimate of drug-likeness (QED) is 0.573. The lowest BCUT2D eigenvalue weighted by molar-refractivity contribution is 0.122. The summed E-state index contributed by atoms with van der Waals surface area (Å²) in [4.78, 5) is 12.1. The van der Waals surface area contributed by atoms with Crippen molar-refractivity contribution < 1.29 is 15.0 Å². The summed E-state index contributed by atoms with van der Waals surface area (Å²) in [6.07, 6.45) is 5.65. The zero-order chi connectivity index (χ0) is 12.0. The first kappa shape index (κ1) is 12.9. The fourth-order valence-corrected chi connectivity index (χ4v) is 1.99. The Labute approximate surface area is 96.6 Å². The number of rotatable bonds is 4. The molecule has 0 atom stereocenters. The number of hydrogen-bond donors (Lipinski definition) is 2. The highest BCUT2D eigenvalue weighted by atomic mass is 16.4. The number of amides is 1. The number of carboxylic acid groups (broad SMARTS) is 1. The summed E-state index contributed by atoms with van der Waals surface area (Å²) in [7, 11) is 0. The Morgan fingerprint density at radius 1 is 1.38 bits per heavy atom. The fourth-order valence-electron chi connectivity index (χ4n) is 1.99. The minimum atomic E-state index is -0.854. The molecule has 2 N–H and O–H groups in total. The van der Waals surface area contributed by atoms with Gasteiger partial charge < -0.3 is 15.1 Å². The van der Waals surface area contributed by atoms with E-state index >= 15 is 0 Å². The van der Waals surface area contributed by atoms with E-state index in [-0.39, 0.29) is 5.92 Å². The highest BCUT2D eigenvalue weighted by Gasteiger charge is 2.24. The second kappa shape index (κ2) is 6.40. The SMILES string of the molecule is CCCC/C=C(\O)C1CCN(C(=O)O)CC1. The second-order valence-corrected chi connectivity index (χ2v) is 4.32. The van der Waals surface area contributed by atoms with Gasteiger partial charge in [-0.3, -0.25) is 0 Å². The Morgan fingerprint density at radius 2 is 2.00 bits per heavy atom. The number of aliphatic hydroxyl groups excluding tert-OH is 1. The topological polar surface area (TPSA) is 60.8 Å². The zero-order valence-electron chi connectivity index (χ0n) is 9.85. The van der Waals surface area contributed by atoms with E-state index in [0.717, 1.165) is 32.1 Å². The van der Waals surface area contributed by atoms with E-state index < -0.39 is 6.09 Å². The summed E-state index contributed by atoms with van der Waals surface area (Å²) < 4.78 is 0. The van der Waals surface area contributed by atoms with Crippen molar-refractivity contribution in [2.24, 2.45) is 5.92 Å². The highest BCUT2D eigenvalue weighted by Crippen LogP contribution is 2.23. The van der Waals surface area contributed by atoms with E-state index in [9.17, 15) is 9.90 Å². The Morgan fingerprint density at radius 3 is 2.50 bits per heavy atom. The third kappa shape index (κ3) is 3.76. The van der Waals surface area contributed by atoms with Gasteiger partial charge >= 0.3 is 6.09 Å². The number of hydrogen-bond acceptors (Lipinski definition) is 2. The molecule has 1 aliphatic heterocycles. The molecule has 1 heterocycles. The van der Waals surface area contributed by atoms with Gasteiger partial charge in [0.15, 0.2) is 0 Å². The first-order valence-electron chi connectivity index (χ1n) is 6.02. The molecule has 0 spiro atoms. The predicted molar refractivity (Wildman–Crippen MR) is 62.6 cm³/mol. The van der Waals surface area contributed by atoms with Crippen LogP contribution >= 0.6 is 0 Å². The van der Waals surface area contributed by atoms with E-state index in [2.05, 4.69) is 6.92 Å². The molecule has 0 bridgehead atoms. The molecule has 4 heteroatoms. The Balaban J connectivity index is 2.35. The first-order chi connectivity index (χ1) is 7.65. The summed E-state index contributed by atoms with van der Waals surface area (Å²) in [5.74, 6) is 0.617. The van der Waals surface area contributed by atoms with Gasteiger partial charge in [0.2, 0.25) is 0 Å². The number of nitrogens with zero attached hydrogens (tertiary/aromatic N) is 1. The molecule has 4 nitrogen and oxygen atoms in total. The maximum absolute atomic E-state index is 10.7. The van der Waals surface area contributed by atoms with Crippen LogP contribution in [-0.2, 0) is 0 Å². The fraction of sp³-hybridized carbons (Fsp3) is 0.750. The van der Waals surface area contributed by atoms with Crippen LogP contribution in [0.2, 0.25) is 0 Å². The monoisotopic (exact) mass is 227 g/mol. The molecular weight excluding hydrogens is 206 g/mol. The van der Waals surface area contributed by atoms with Crippen molar-refractivity contribution in [3.63, 3.8) is 0 Å². The Bertz CT molecular complexity index is 255. The van der Waals surface area contributed by atoms with Crippen molar-refractivity contribution in [2.75, 3.05) is 13.1 Å². The van der Waals surface area contributed by atoms with E-state index in [1.807, 2.05) is 6.08 Å². The van der Waals surface area contributed by atoms with Crippen molar-refractivity contribution in [1.29, 1.82) is 0 Å². The molecule has 1 amide bonds. The van der Waals surface area contributed by atoms with Crippen molar-refractivity contribution in [3.8, 4) is 0 Å². The average molecular weight is 227 g/mol. The van der Waals surface area contributed by atoms with Crippen LogP contribution in [0.15, 0.2) is 11.8 Å². The van der Waals surface area contributed by atoms with Crippen LogP contribution in [0.5, 0.6) is 0 Å². The largest absolute Gasteiger partial charge is 0.512 e. The normalized spacial score (nSPS) is 18.8. The molecule has 0 aromatic rings. The molecule has 0 aromatic carbocycles. The van der Waals surface area contributed by atoms with Crippen LogP contribution in [-0.4, -0.2) is 34.3 Å². The predicted octanol–water partition coefficient (Wildman–Crippen LogP) is 3.01. The molecule has 1 aliphatic rings. The lowest BCUT2D eigenvalue weighted by Crippen LogP contribution is -2.37. The lowest BCUT2D eigenvalue weighted by atomic mass is 9.94. The maximum Gasteiger partial charge on any atom is 0.407 e. The molecule has 92 valence electrons. The molecule has 0 radical (unpaired) electrons. The van der Waals surface area contributed by atoms with Gasteiger partial charge in [0.25, 0.3) is 0 Å². The lowest BCUT2D eigenvalue weighted by Gasteiger charge is -2.29. The van der Waals surface area contributed by atoms with Gasteiger partial charge in [-0.25, -0.2) is 4.79 Å². The van der Waals surface area contributed by atoms with Gasteiger partial charge in [0.1, 0.15) is 0 Å². The molecule has 0 aliphatic carbocycles. The highest BCUT2D eigenvalue weighted by molar-refractivity contribution is 5.65. The Kier molecular flexibility index (Phi) is 5.15. The number of unbranched alkanes of at least 4 members (excludes halogenated alkanes) is 2. The van der Waals surface area contributed by atoms with Gasteiger partial charge in [-0.1, -0.05) is 13.3 Å². The molecule has 0 aromatic heterocycles. The second-order valence-electron chi connectivity index (χ2n) is 4.32. The number of aliphatic hydroxyl groups is 1. The molecule has 1 fully saturated rings. The van der Waals surface area contributed by atoms with Crippen molar-refractivity contribution in [3.05, 3.63) is 11.8 Å². The summed E-state index contributed by atoms with van der Waals surface area (Å²) in [6.45, 7) is 3.19. The van der Waals surface area contributed by atoms with Gasteiger partial charge in [-0.05, 0) is 31.8 Å². The van der Waals surface area contributed by atoms with Gasteiger partial charge in [0.05, 0.1) is 5.76 Å². The zero-order valence-corrected chi connectivity index (χ0v) is 9.85. The Hall–Kier alpha value is -1.19. The number of piperidine rings is 1. The van der Waals surface area contributed by atoms with Crippen molar-refractivity contribution >= 4 is 6.09 Å². The third-order valence-electron chi connectivity index (χ3n) is 3.09. The standard InChI is InChI=1S/C12H21NO3/c1-2-3-4-5-11(14)10-6-8-13(9-7-10)12(15)16/h5,10,14H,2-4,6-9H2,1H3,(H,15,16)/b11-5-. The van der Waals surface area contributed by atoms with Crippen LogP contribution in [0, 0.1) is 5.92 Å². The first-order valence-corrected chi connectivity index (χ1v) is 6.02. The summed E-state index contributed by atoms with van der Waals surface area (Å²) in [5.41, 5.74) is 0. The van der Waals surface area contributed by atoms with Crippen LogP contribution in [0.25, 0.3) is 0 Å². The van der Waals surface area contributed by atoms with Crippen LogP contribution in [0.3, 0.4) is 0 Å². The molecule has 16 heavy (non-hydrogen) atoms. The van der Waals surface area contributed by atoms with Gasteiger partial charge in [0, 0.05) is 19.0 Å². The van der Waals surface area contributed by atoms with Gasteiger partial charge in [-0.2, -0.15) is 0 Å². The van der Waals surface area contributed by atoms with Crippen LogP contribution < -0.4 is 0 Å². The van der Waals surface area contributed by atoms with E-state index in [4.69, 9.17) is 5.11 Å². The van der Waals surface area contributed by atoms with E-state index in [1.165, 1.54) is 4.90 Å². The third-order valence-corrected chi connectivity index (χ3v) is 3.09. The minimum Gasteiger partial charge on any atom is -0.512 e. The molecular formula is C12H21NO3. The number of likely N-dealkylation sites (tertiary alicyclic amines) is 1. The van der Waals surface area contributed by atoms with Crippen molar-refractivity contribution in [1.82, 2.24) is 4.90 Å². The molecule has 0 saturated carbocycles. The maximum atomic E-state index is 10.7. The summed E-state index contributed by atoms with van der Waals surface area (Å²) in [6, 6.07) is 0. The van der Waals surface area contributed by atoms with Crippen molar-refractivity contribution in [2.45, 2.75) is 39.0 Å². The minimum absolute atomic E-state index is 0.160. The van der Waals surface area contributed by atoms with Gasteiger partial charge in [-0.15, -0.1) is 0 Å².